The molecule has 0 spiro atoms. The number of carboxylic acid groups (broad SMARTS) is 1. The van der Waals surface area contributed by atoms with Gasteiger partial charge in [-0.15, -0.1) is 0 Å². The third-order valence-corrected chi connectivity index (χ3v) is 4.19. The Morgan fingerprint density at radius 2 is 1.89 bits per heavy atom. The monoisotopic (exact) mass is 247 g/mol. The number of piperidine rings is 1. The molecule has 0 radical (unpaired) electrons. The Morgan fingerprint density at radius 1 is 1.28 bits per heavy atom. The van der Waals surface area contributed by atoms with Crippen LogP contribution in [0.5, 0.6) is 0 Å². The second kappa shape index (κ2) is 5.53. The van der Waals surface area contributed by atoms with Crippen molar-refractivity contribution < 1.29 is 9.90 Å². The zero-order valence-electron chi connectivity index (χ0n) is 10.9. The van der Waals surface area contributed by atoms with E-state index in [1.54, 1.807) is 0 Å². The van der Waals surface area contributed by atoms with Gasteiger partial charge < -0.3 is 5.11 Å². The molecule has 1 aliphatic heterocycles. The molecule has 1 heterocycles. The van der Waals surface area contributed by atoms with E-state index in [-0.39, 0.29) is 0 Å². The number of rotatable bonds is 4. The summed E-state index contributed by atoms with van der Waals surface area (Å²) in [7, 11) is 0. The van der Waals surface area contributed by atoms with Crippen LogP contribution in [0.25, 0.3) is 0 Å². The summed E-state index contributed by atoms with van der Waals surface area (Å²) < 4.78 is 0. The molecular weight excluding hydrogens is 226 g/mol. The summed E-state index contributed by atoms with van der Waals surface area (Å²) in [5, 5.41) is 9.35. The van der Waals surface area contributed by atoms with Crippen molar-refractivity contribution in [2.45, 2.75) is 32.7 Å². The first kappa shape index (κ1) is 13.1. The van der Waals surface area contributed by atoms with E-state index in [0.717, 1.165) is 38.9 Å². The highest BCUT2D eigenvalue weighted by atomic mass is 16.4. The van der Waals surface area contributed by atoms with Crippen LogP contribution >= 0.6 is 0 Å². The highest BCUT2D eigenvalue weighted by Crippen LogP contribution is 2.35. The third-order valence-electron chi connectivity index (χ3n) is 4.19. The summed E-state index contributed by atoms with van der Waals surface area (Å²) in [6, 6.07) is 10.4. The van der Waals surface area contributed by atoms with E-state index in [2.05, 4.69) is 17.0 Å². The van der Waals surface area contributed by atoms with Gasteiger partial charge in [-0.05, 0) is 37.9 Å². The van der Waals surface area contributed by atoms with Crippen molar-refractivity contribution in [2.24, 2.45) is 5.41 Å². The molecule has 0 aromatic heterocycles. The van der Waals surface area contributed by atoms with Gasteiger partial charge in [0.1, 0.15) is 0 Å². The normalized spacial score (nSPS) is 19.6. The molecule has 0 amide bonds. The predicted octanol–water partition coefficient (Wildman–Crippen LogP) is 2.76. The molecule has 1 aromatic carbocycles. The van der Waals surface area contributed by atoms with Crippen molar-refractivity contribution in [3.05, 3.63) is 35.9 Å². The summed E-state index contributed by atoms with van der Waals surface area (Å²) in [6.07, 6.45) is 2.28. The molecule has 0 saturated carbocycles. The molecule has 98 valence electrons. The third kappa shape index (κ3) is 2.72. The van der Waals surface area contributed by atoms with Gasteiger partial charge in [-0.25, -0.2) is 0 Å². The quantitative estimate of drug-likeness (QED) is 0.889. The van der Waals surface area contributed by atoms with Crippen LogP contribution in [0.1, 0.15) is 31.7 Å². The molecular formula is C15H21NO2. The van der Waals surface area contributed by atoms with Crippen LogP contribution in [0.2, 0.25) is 0 Å². The Bertz CT molecular complexity index is 394. The van der Waals surface area contributed by atoms with E-state index >= 15 is 0 Å². The fraction of sp³-hybridized carbons (Fsp3) is 0.533. The molecule has 0 aliphatic carbocycles. The number of hydrogen-bond acceptors (Lipinski definition) is 2. The van der Waals surface area contributed by atoms with E-state index < -0.39 is 11.4 Å². The Labute approximate surface area is 108 Å². The van der Waals surface area contributed by atoms with Gasteiger partial charge in [-0.3, -0.25) is 9.69 Å². The number of carboxylic acids is 1. The molecule has 1 aliphatic rings. The molecule has 0 bridgehead atoms. The molecule has 0 unspecified atom stereocenters. The van der Waals surface area contributed by atoms with Gasteiger partial charge in [0.2, 0.25) is 0 Å². The van der Waals surface area contributed by atoms with Crippen LogP contribution in [0, 0.1) is 5.41 Å². The zero-order chi connectivity index (χ0) is 13.0. The summed E-state index contributed by atoms with van der Waals surface area (Å²) >= 11 is 0. The lowest BCUT2D eigenvalue weighted by Gasteiger charge is -2.38. The SMILES string of the molecule is CCC1(C(=O)O)CCN(Cc2ccccc2)CC1. The lowest BCUT2D eigenvalue weighted by molar-refractivity contribution is -0.152. The maximum absolute atomic E-state index is 11.4. The number of benzene rings is 1. The molecule has 1 saturated heterocycles. The van der Waals surface area contributed by atoms with Crippen molar-refractivity contribution in [1.82, 2.24) is 4.90 Å². The van der Waals surface area contributed by atoms with Crippen LogP contribution in [0.4, 0.5) is 0 Å². The van der Waals surface area contributed by atoms with E-state index in [0.29, 0.717) is 0 Å². The lowest BCUT2D eigenvalue weighted by Crippen LogP contribution is -2.43. The number of carbonyl (C=O) groups is 1. The van der Waals surface area contributed by atoms with E-state index in [1.807, 2.05) is 25.1 Å². The van der Waals surface area contributed by atoms with Gasteiger partial charge >= 0.3 is 5.97 Å². The van der Waals surface area contributed by atoms with Crippen LogP contribution < -0.4 is 0 Å². The summed E-state index contributed by atoms with van der Waals surface area (Å²) in [5.41, 5.74) is 0.824. The molecule has 1 N–H and O–H groups in total. The van der Waals surface area contributed by atoms with Gasteiger partial charge in [0.15, 0.2) is 0 Å². The maximum atomic E-state index is 11.4. The Morgan fingerprint density at radius 3 is 2.39 bits per heavy atom. The van der Waals surface area contributed by atoms with Crippen molar-refractivity contribution in [2.75, 3.05) is 13.1 Å². The average molecular weight is 247 g/mol. The highest BCUT2D eigenvalue weighted by molar-refractivity contribution is 5.74. The van der Waals surface area contributed by atoms with Gasteiger partial charge in [0, 0.05) is 6.54 Å². The number of likely N-dealkylation sites (tertiary alicyclic amines) is 1. The Kier molecular flexibility index (Phi) is 4.02. The van der Waals surface area contributed by atoms with Crippen LogP contribution in [0.3, 0.4) is 0 Å². The summed E-state index contributed by atoms with van der Waals surface area (Å²) in [5.74, 6) is -0.621. The average Bonchev–Trinajstić information content (AvgIpc) is 2.41. The Hall–Kier alpha value is -1.35. The Balaban J connectivity index is 1.93. The molecule has 1 fully saturated rings. The van der Waals surface area contributed by atoms with Gasteiger partial charge in [0.25, 0.3) is 0 Å². The van der Waals surface area contributed by atoms with E-state index in [4.69, 9.17) is 0 Å². The van der Waals surface area contributed by atoms with E-state index in [9.17, 15) is 9.90 Å². The summed E-state index contributed by atoms with van der Waals surface area (Å²) in [4.78, 5) is 13.7. The summed E-state index contributed by atoms with van der Waals surface area (Å²) in [6.45, 7) is 4.69. The zero-order valence-corrected chi connectivity index (χ0v) is 10.9. The lowest BCUT2D eigenvalue weighted by atomic mass is 9.76. The molecule has 1 aromatic rings. The van der Waals surface area contributed by atoms with Gasteiger partial charge in [-0.2, -0.15) is 0 Å². The number of aliphatic carboxylic acids is 1. The first-order chi connectivity index (χ1) is 8.66. The molecule has 3 heteroatoms. The van der Waals surface area contributed by atoms with E-state index in [1.165, 1.54) is 5.56 Å². The fourth-order valence-corrected chi connectivity index (χ4v) is 2.70. The molecule has 0 atom stereocenters. The minimum atomic E-state index is -0.621. The molecule has 18 heavy (non-hydrogen) atoms. The smallest absolute Gasteiger partial charge is 0.309 e. The fourth-order valence-electron chi connectivity index (χ4n) is 2.70. The second-order valence-corrected chi connectivity index (χ2v) is 5.20. The number of hydrogen-bond donors (Lipinski definition) is 1. The maximum Gasteiger partial charge on any atom is 0.309 e. The van der Waals surface area contributed by atoms with Crippen molar-refractivity contribution in [3.63, 3.8) is 0 Å². The van der Waals surface area contributed by atoms with Crippen LogP contribution in [-0.4, -0.2) is 29.1 Å². The number of nitrogens with zero attached hydrogens (tertiary/aromatic N) is 1. The van der Waals surface area contributed by atoms with Crippen molar-refractivity contribution in [1.29, 1.82) is 0 Å². The second-order valence-electron chi connectivity index (χ2n) is 5.20. The first-order valence-electron chi connectivity index (χ1n) is 6.66. The van der Waals surface area contributed by atoms with Gasteiger partial charge in [0.05, 0.1) is 5.41 Å². The molecule has 3 nitrogen and oxygen atoms in total. The van der Waals surface area contributed by atoms with Crippen LogP contribution in [-0.2, 0) is 11.3 Å². The minimum absolute atomic E-state index is 0.479. The standard InChI is InChI=1S/C15H21NO2/c1-2-15(14(17)18)8-10-16(11-9-15)12-13-6-4-3-5-7-13/h3-7H,2,8-12H2,1H3,(H,17,18). The topological polar surface area (TPSA) is 40.5 Å². The van der Waals surface area contributed by atoms with Crippen molar-refractivity contribution >= 4 is 5.97 Å². The van der Waals surface area contributed by atoms with Crippen LogP contribution in [0.15, 0.2) is 30.3 Å². The van der Waals surface area contributed by atoms with Gasteiger partial charge in [-0.1, -0.05) is 37.3 Å². The highest BCUT2D eigenvalue weighted by Gasteiger charge is 2.39. The predicted molar refractivity (Wildman–Crippen MR) is 71.3 cm³/mol. The first-order valence-corrected chi connectivity index (χ1v) is 6.66. The molecule has 2 rings (SSSR count). The largest absolute Gasteiger partial charge is 0.481 e. The minimum Gasteiger partial charge on any atom is -0.481 e. The van der Waals surface area contributed by atoms with Crippen molar-refractivity contribution in [3.8, 4) is 0 Å².